The third-order valence-corrected chi connectivity index (χ3v) is 3.65. The minimum atomic E-state index is 0.0113. The summed E-state index contributed by atoms with van der Waals surface area (Å²) in [5.74, 6) is 0.563. The van der Waals surface area contributed by atoms with Crippen molar-refractivity contribution >= 4 is 11.6 Å². The van der Waals surface area contributed by atoms with Crippen LogP contribution in [0.3, 0.4) is 0 Å². The molecule has 1 aromatic rings. The minimum Gasteiger partial charge on any atom is -0.388 e. The molecule has 1 saturated heterocycles. The molecule has 0 aliphatic carbocycles. The van der Waals surface area contributed by atoms with Crippen molar-refractivity contribution < 1.29 is 9.53 Å². The molecule has 0 saturated carbocycles. The lowest BCUT2D eigenvalue weighted by molar-refractivity contribution is 0.0642. The first kappa shape index (κ1) is 13.9. The number of rotatable bonds is 4. The van der Waals surface area contributed by atoms with Gasteiger partial charge in [0, 0.05) is 38.1 Å². The zero-order valence-electron chi connectivity index (χ0n) is 11.7. The van der Waals surface area contributed by atoms with Gasteiger partial charge in [0.2, 0.25) is 0 Å². The Hall–Kier alpha value is -1.55. The fourth-order valence-corrected chi connectivity index (χ4v) is 2.38. The van der Waals surface area contributed by atoms with E-state index in [2.05, 4.69) is 10.6 Å². The van der Waals surface area contributed by atoms with E-state index in [1.807, 2.05) is 32.2 Å². The number of ether oxygens (including phenoxy) is 1. The zero-order chi connectivity index (χ0) is 13.7. The van der Waals surface area contributed by atoms with E-state index in [1.54, 1.807) is 0 Å². The summed E-state index contributed by atoms with van der Waals surface area (Å²) in [5.41, 5.74) is 2.87. The van der Waals surface area contributed by atoms with Crippen LogP contribution < -0.4 is 10.6 Å². The molecule has 0 radical (unpaired) electrons. The molecule has 1 fully saturated rings. The lowest BCUT2D eigenvalue weighted by Gasteiger charge is -2.22. The van der Waals surface area contributed by atoms with E-state index in [-0.39, 0.29) is 5.91 Å². The minimum absolute atomic E-state index is 0.0113. The molecular weight excluding hydrogens is 240 g/mol. The predicted molar refractivity (Wildman–Crippen MR) is 76.6 cm³/mol. The highest BCUT2D eigenvalue weighted by molar-refractivity contribution is 5.94. The van der Waals surface area contributed by atoms with Crippen molar-refractivity contribution in [3.63, 3.8) is 0 Å². The molecule has 4 heteroatoms. The summed E-state index contributed by atoms with van der Waals surface area (Å²) in [5, 5.41) is 6.12. The van der Waals surface area contributed by atoms with Crippen molar-refractivity contribution in [1.29, 1.82) is 0 Å². The fourth-order valence-electron chi connectivity index (χ4n) is 2.38. The van der Waals surface area contributed by atoms with Crippen LogP contribution in [-0.2, 0) is 4.74 Å². The van der Waals surface area contributed by atoms with Gasteiger partial charge in [0.05, 0.1) is 0 Å². The first-order valence-electron chi connectivity index (χ1n) is 6.85. The van der Waals surface area contributed by atoms with Crippen LogP contribution in [0.25, 0.3) is 0 Å². The van der Waals surface area contributed by atoms with E-state index in [0.717, 1.165) is 49.4 Å². The Kier molecular flexibility index (Phi) is 4.80. The Morgan fingerprint density at radius 2 is 2.11 bits per heavy atom. The molecule has 0 bridgehead atoms. The van der Waals surface area contributed by atoms with Gasteiger partial charge >= 0.3 is 0 Å². The smallest absolute Gasteiger partial charge is 0.251 e. The summed E-state index contributed by atoms with van der Waals surface area (Å²) in [6, 6.07) is 5.72. The number of hydrogen-bond donors (Lipinski definition) is 2. The topological polar surface area (TPSA) is 50.4 Å². The fraction of sp³-hybridized carbons (Fsp3) is 0.533. The second-order valence-corrected chi connectivity index (χ2v) is 5.05. The van der Waals surface area contributed by atoms with Crippen molar-refractivity contribution in [2.24, 2.45) is 5.92 Å². The highest BCUT2D eigenvalue weighted by Gasteiger charge is 2.15. The highest BCUT2D eigenvalue weighted by atomic mass is 16.5. The molecule has 1 heterocycles. The SMILES string of the molecule is CNc1ccc(C(=O)NCC2CCOCC2)cc1C. The number of hydrogen-bond acceptors (Lipinski definition) is 3. The van der Waals surface area contributed by atoms with Crippen LogP contribution in [0.2, 0.25) is 0 Å². The quantitative estimate of drug-likeness (QED) is 0.874. The average Bonchev–Trinajstić information content (AvgIpc) is 2.45. The molecule has 4 nitrogen and oxygen atoms in total. The third-order valence-electron chi connectivity index (χ3n) is 3.65. The molecule has 2 rings (SSSR count). The van der Waals surface area contributed by atoms with Gasteiger partial charge in [0.25, 0.3) is 5.91 Å². The van der Waals surface area contributed by atoms with Crippen LogP contribution in [0.1, 0.15) is 28.8 Å². The van der Waals surface area contributed by atoms with Gasteiger partial charge < -0.3 is 15.4 Å². The Labute approximate surface area is 114 Å². The maximum Gasteiger partial charge on any atom is 0.251 e. The summed E-state index contributed by atoms with van der Waals surface area (Å²) in [6.45, 7) is 4.38. The van der Waals surface area contributed by atoms with Gasteiger partial charge in [-0.05, 0) is 49.4 Å². The van der Waals surface area contributed by atoms with Crippen molar-refractivity contribution in [2.75, 3.05) is 32.1 Å². The maximum absolute atomic E-state index is 12.1. The molecule has 1 aliphatic heterocycles. The van der Waals surface area contributed by atoms with Crippen LogP contribution in [-0.4, -0.2) is 32.7 Å². The largest absolute Gasteiger partial charge is 0.388 e. The normalized spacial score (nSPS) is 16.1. The zero-order valence-corrected chi connectivity index (χ0v) is 11.7. The summed E-state index contributed by atoms with van der Waals surface area (Å²) in [6.07, 6.45) is 2.08. The van der Waals surface area contributed by atoms with Gasteiger partial charge in [-0.3, -0.25) is 4.79 Å². The number of anilines is 1. The van der Waals surface area contributed by atoms with Gasteiger partial charge in [-0.2, -0.15) is 0 Å². The molecule has 104 valence electrons. The van der Waals surface area contributed by atoms with Crippen molar-refractivity contribution in [3.05, 3.63) is 29.3 Å². The van der Waals surface area contributed by atoms with Crippen molar-refractivity contribution in [2.45, 2.75) is 19.8 Å². The van der Waals surface area contributed by atoms with Crippen LogP contribution in [0.4, 0.5) is 5.69 Å². The van der Waals surface area contributed by atoms with Crippen LogP contribution in [0.15, 0.2) is 18.2 Å². The summed E-state index contributed by atoms with van der Waals surface area (Å²) in [4.78, 5) is 12.1. The standard InChI is InChI=1S/C15H22N2O2/c1-11-9-13(3-4-14(11)16-2)15(18)17-10-12-5-7-19-8-6-12/h3-4,9,12,16H,5-8,10H2,1-2H3,(H,17,18). The molecule has 1 amide bonds. The van der Waals surface area contributed by atoms with Crippen molar-refractivity contribution in [3.8, 4) is 0 Å². The van der Waals surface area contributed by atoms with E-state index in [9.17, 15) is 4.79 Å². The lowest BCUT2D eigenvalue weighted by Crippen LogP contribution is -2.32. The number of carbonyl (C=O) groups excluding carboxylic acids is 1. The Bertz CT molecular complexity index is 440. The number of benzene rings is 1. The molecule has 2 N–H and O–H groups in total. The molecule has 19 heavy (non-hydrogen) atoms. The van der Waals surface area contributed by atoms with Gasteiger partial charge in [0.1, 0.15) is 0 Å². The third kappa shape index (κ3) is 3.70. The van der Waals surface area contributed by atoms with E-state index in [4.69, 9.17) is 4.74 Å². The second kappa shape index (κ2) is 6.57. The van der Waals surface area contributed by atoms with Crippen LogP contribution >= 0.6 is 0 Å². The summed E-state index contributed by atoms with van der Waals surface area (Å²) >= 11 is 0. The average molecular weight is 262 g/mol. The van der Waals surface area contributed by atoms with E-state index < -0.39 is 0 Å². The second-order valence-electron chi connectivity index (χ2n) is 5.05. The van der Waals surface area contributed by atoms with Crippen LogP contribution in [0.5, 0.6) is 0 Å². The lowest BCUT2D eigenvalue weighted by atomic mass is 10.0. The van der Waals surface area contributed by atoms with Gasteiger partial charge in [-0.1, -0.05) is 0 Å². The van der Waals surface area contributed by atoms with Crippen molar-refractivity contribution in [1.82, 2.24) is 5.32 Å². The Morgan fingerprint density at radius 3 is 2.74 bits per heavy atom. The van der Waals surface area contributed by atoms with E-state index >= 15 is 0 Å². The van der Waals surface area contributed by atoms with Gasteiger partial charge in [-0.15, -0.1) is 0 Å². The molecule has 0 aromatic heterocycles. The first-order chi connectivity index (χ1) is 9.20. The number of carbonyl (C=O) groups is 1. The van der Waals surface area contributed by atoms with Gasteiger partial charge in [0.15, 0.2) is 0 Å². The number of amides is 1. The molecule has 1 aliphatic rings. The maximum atomic E-state index is 12.1. The molecule has 0 spiro atoms. The van der Waals surface area contributed by atoms with E-state index in [0.29, 0.717) is 5.92 Å². The molecule has 1 aromatic carbocycles. The predicted octanol–water partition coefficient (Wildman–Crippen LogP) is 2.19. The molecule has 0 atom stereocenters. The van der Waals surface area contributed by atoms with E-state index in [1.165, 1.54) is 0 Å². The van der Waals surface area contributed by atoms with Gasteiger partial charge in [-0.25, -0.2) is 0 Å². The molecular formula is C15H22N2O2. The first-order valence-corrected chi connectivity index (χ1v) is 6.85. The number of nitrogens with one attached hydrogen (secondary N) is 2. The number of aryl methyl sites for hydroxylation is 1. The Balaban J connectivity index is 1.90. The highest BCUT2D eigenvalue weighted by Crippen LogP contribution is 2.16. The molecule has 0 unspecified atom stereocenters. The monoisotopic (exact) mass is 262 g/mol. The summed E-state index contributed by atoms with van der Waals surface area (Å²) < 4.78 is 5.31. The summed E-state index contributed by atoms with van der Waals surface area (Å²) in [7, 11) is 1.88. The van der Waals surface area contributed by atoms with Crippen LogP contribution in [0, 0.1) is 12.8 Å². The Morgan fingerprint density at radius 1 is 1.37 bits per heavy atom.